The summed E-state index contributed by atoms with van der Waals surface area (Å²) in [6.07, 6.45) is 1.48. The molecule has 0 aliphatic rings. The lowest BCUT2D eigenvalue weighted by Crippen LogP contribution is -2.30. The maximum Gasteiger partial charge on any atom is 0.268 e. The predicted octanol–water partition coefficient (Wildman–Crippen LogP) is 2.05. The van der Waals surface area contributed by atoms with Crippen LogP contribution < -0.4 is 10.2 Å². The lowest BCUT2D eigenvalue weighted by atomic mass is 10.2. The number of carbonyl (C=O) groups is 1. The van der Waals surface area contributed by atoms with Gasteiger partial charge in [0.25, 0.3) is 5.91 Å². The maximum absolute atomic E-state index is 12.6. The number of anilines is 1. The number of aryl methyl sites for hydroxylation is 1. The van der Waals surface area contributed by atoms with Gasteiger partial charge in [-0.05, 0) is 23.8 Å². The highest BCUT2D eigenvalue weighted by molar-refractivity contribution is 7.89. The molecule has 7 nitrogen and oxygen atoms in total. The first-order valence-corrected chi connectivity index (χ1v) is 10.4. The summed E-state index contributed by atoms with van der Waals surface area (Å²) in [7, 11) is 2.02. The highest BCUT2D eigenvalue weighted by Gasteiger charge is 2.25. The van der Waals surface area contributed by atoms with E-state index in [0.717, 1.165) is 11.3 Å². The molecule has 0 saturated carbocycles. The van der Waals surface area contributed by atoms with Crippen LogP contribution in [0.25, 0.3) is 0 Å². The van der Waals surface area contributed by atoms with Crippen molar-refractivity contribution in [3.63, 3.8) is 0 Å². The van der Waals surface area contributed by atoms with Gasteiger partial charge in [-0.25, -0.2) is 8.42 Å². The van der Waals surface area contributed by atoms with Crippen molar-refractivity contribution in [1.29, 1.82) is 0 Å². The molecule has 1 N–H and O–H groups in total. The minimum absolute atomic E-state index is 0.134. The fourth-order valence-electron chi connectivity index (χ4n) is 2.80. The van der Waals surface area contributed by atoms with E-state index in [1.54, 1.807) is 25.5 Å². The summed E-state index contributed by atoms with van der Waals surface area (Å²) in [5.41, 5.74) is 2.36. The van der Waals surface area contributed by atoms with E-state index in [1.165, 1.54) is 16.6 Å². The Morgan fingerprint density at radius 1 is 1.11 bits per heavy atom. The van der Waals surface area contributed by atoms with Crippen molar-refractivity contribution in [2.75, 3.05) is 32.1 Å². The van der Waals surface area contributed by atoms with Crippen LogP contribution in [0.4, 0.5) is 5.69 Å². The largest absolute Gasteiger partial charge is 0.378 e. The van der Waals surface area contributed by atoms with Crippen molar-refractivity contribution in [3.05, 3.63) is 47.8 Å². The van der Waals surface area contributed by atoms with E-state index in [-0.39, 0.29) is 10.8 Å². The zero-order chi connectivity index (χ0) is 20.2. The molecule has 0 atom stereocenters. The summed E-state index contributed by atoms with van der Waals surface area (Å²) < 4.78 is 28.2. The summed E-state index contributed by atoms with van der Waals surface area (Å²) in [5, 5.41) is 2.84. The monoisotopic (exact) mass is 392 g/mol. The zero-order valence-corrected chi connectivity index (χ0v) is 17.4. The van der Waals surface area contributed by atoms with Crippen LogP contribution in [0.5, 0.6) is 0 Å². The molecule has 0 saturated heterocycles. The van der Waals surface area contributed by atoms with Crippen LogP contribution in [-0.4, -0.2) is 50.4 Å². The highest BCUT2D eigenvalue weighted by atomic mass is 32.2. The summed E-state index contributed by atoms with van der Waals surface area (Å²) in [6, 6.07) is 9.31. The minimum Gasteiger partial charge on any atom is -0.378 e. The standard InChI is InChI=1S/C19H28N4O3S/c1-6-23(7-2)27(25,26)17-12-18(22(5)14-17)19(24)20-13-15-8-10-16(11-9-15)21(3)4/h8-12,14H,6-7,13H2,1-5H3,(H,20,24). The number of benzene rings is 1. The van der Waals surface area contributed by atoms with Crippen molar-refractivity contribution in [3.8, 4) is 0 Å². The molecule has 27 heavy (non-hydrogen) atoms. The molecule has 0 unspecified atom stereocenters. The topological polar surface area (TPSA) is 74.7 Å². The summed E-state index contributed by atoms with van der Waals surface area (Å²) in [6.45, 7) is 4.73. The average molecular weight is 393 g/mol. The Kier molecular flexibility index (Phi) is 6.67. The van der Waals surface area contributed by atoms with Gasteiger partial charge in [-0.3, -0.25) is 4.79 Å². The Morgan fingerprint density at radius 3 is 2.22 bits per heavy atom. The molecule has 2 rings (SSSR count). The molecule has 148 valence electrons. The van der Waals surface area contributed by atoms with Crippen molar-refractivity contribution in [1.82, 2.24) is 14.2 Å². The molecule has 0 aliphatic carbocycles. The van der Waals surface area contributed by atoms with Gasteiger partial charge < -0.3 is 14.8 Å². The molecule has 1 aromatic heterocycles. The first-order valence-electron chi connectivity index (χ1n) is 8.91. The van der Waals surface area contributed by atoms with Gasteiger partial charge in [0.05, 0.1) is 0 Å². The van der Waals surface area contributed by atoms with Crippen LogP contribution in [0.1, 0.15) is 29.9 Å². The number of hydrogen-bond acceptors (Lipinski definition) is 4. The Labute approximate surface area is 161 Å². The average Bonchev–Trinajstić information content (AvgIpc) is 3.03. The van der Waals surface area contributed by atoms with Gasteiger partial charge in [0.1, 0.15) is 10.6 Å². The quantitative estimate of drug-likeness (QED) is 0.746. The normalized spacial score (nSPS) is 11.6. The third kappa shape index (κ3) is 4.70. The van der Waals surface area contributed by atoms with Gasteiger partial charge in [0.15, 0.2) is 0 Å². The Bertz CT molecular complexity index is 882. The number of hydrogen-bond donors (Lipinski definition) is 1. The van der Waals surface area contributed by atoms with Crippen molar-refractivity contribution in [2.45, 2.75) is 25.3 Å². The number of nitrogens with one attached hydrogen (secondary N) is 1. The van der Waals surface area contributed by atoms with Crippen LogP contribution in [0.2, 0.25) is 0 Å². The van der Waals surface area contributed by atoms with Gasteiger partial charge in [0.2, 0.25) is 10.0 Å². The fourth-order valence-corrected chi connectivity index (χ4v) is 4.33. The van der Waals surface area contributed by atoms with Crippen LogP contribution in [0.3, 0.4) is 0 Å². The molecule has 0 fully saturated rings. The number of aromatic nitrogens is 1. The van der Waals surface area contributed by atoms with E-state index >= 15 is 0 Å². The molecule has 1 aromatic carbocycles. The van der Waals surface area contributed by atoms with Crippen LogP contribution in [0.15, 0.2) is 41.4 Å². The van der Waals surface area contributed by atoms with Gasteiger partial charge >= 0.3 is 0 Å². The van der Waals surface area contributed by atoms with Gasteiger partial charge in [-0.2, -0.15) is 4.31 Å². The third-order valence-electron chi connectivity index (χ3n) is 4.46. The second-order valence-corrected chi connectivity index (χ2v) is 8.44. The first kappa shape index (κ1) is 21.0. The van der Waals surface area contributed by atoms with Crippen LogP contribution >= 0.6 is 0 Å². The second kappa shape index (κ2) is 8.58. The molecule has 1 amide bonds. The lowest BCUT2D eigenvalue weighted by molar-refractivity contribution is 0.0942. The van der Waals surface area contributed by atoms with Crippen LogP contribution in [0, 0.1) is 0 Å². The van der Waals surface area contributed by atoms with Crippen molar-refractivity contribution in [2.24, 2.45) is 7.05 Å². The molecule has 0 spiro atoms. The molecule has 2 aromatic rings. The summed E-state index contributed by atoms with van der Waals surface area (Å²) in [5.74, 6) is -0.310. The molecule has 0 radical (unpaired) electrons. The van der Waals surface area contributed by atoms with Gasteiger partial charge in [0, 0.05) is 52.7 Å². The van der Waals surface area contributed by atoms with E-state index in [2.05, 4.69) is 5.32 Å². The van der Waals surface area contributed by atoms with Gasteiger partial charge in [-0.15, -0.1) is 0 Å². The number of amides is 1. The Balaban J connectivity index is 2.12. The lowest BCUT2D eigenvalue weighted by Gasteiger charge is -2.17. The first-order chi connectivity index (χ1) is 12.7. The molecule has 0 aliphatic heterocycles. The number of nitrogens with zero attached hydrogens (tertiary/aromatic N) is 3. The highest BCUT2D eigenvalue weighted by Crippen LogP contribution is 2.18. The molecule has 0 bridgehead atoms. The molecule has 1 heterocycles. The molecular weight excluding hydrogens is 364 g/mol. The van der Waals surface area contributed by atoms with Crippen LogP contribution in [-0.2, 0) is 23.6 Å². The van der Waals surface area contributed by atoms with E-state index < -0.39 is 10.0 Å². The molecule has 8 heteroatoms. The number of sulfonamides is 1. The SMILES string of the molecule is CCN(CC)S(=O)(=O)c1cc(C(=O)NCc2ccc(N(C)C)cc2)n(C)c1. The maximum atomic E-state index is 12.6. The van der Waals surface area contributed by atoms with Crippen molar-refractivity contribution < 1.29 is 13.2 Å². The fraction of sp³-hybridized carbons (Fsp3) is 0.421. The zero-order valence-electron chi connectivity index (χ0n) is 16.6. The Morgan fingerprint density at radius 2 is 1.70 bits per heavy atom. The smallest absolute Gasteiger partial charge is 0.268 e. The van der Waals surface area contributed by atoms with E-state index in [1.807, 2.05) is 43.3 Å². The van der Waals surface area contributed by atoms with Crippen molar-refractivity contribution >= 4 is 21.6 Å². The Hall–Kier alpha value is -2.32. The van der Waals surface area contributed by atoms with E-state index in [4.69, 9.17) is 0 Å². The number of rotatable bonds is 8. The van der Waals surface area contributed by atoms with Gasteiger partial charge in [-0.1, -0.05) is 26.0 Å². The predicted molar refractivity (Wildman–Crippen MR) is 107 cm³/mol. The number of carbonyl (C=O) groups excluding carboxylic acids is 1. The van der Waals surface area contributed by atoms with E-state index in [9.17, 15) is 13.2 Å². The second-order valence-electron chi connectivity index (χ2n) is 6.50. The summed E-state index contributed by atoms with van der Waals surface area (Å²) >= 11 is 0. The summed E-state index contributed by atoms with van der Waals surface area (Å²) in [4.78, 5) is 14.7. The van der Waals surface area contributed by atoms with E-state index in [0.29, 0.717) is 25.3 Å². The third-order valence-corrected chi connectivity index (χ3v) is 6.48. The molecular formula is C19H28N4O3S. The minimum atomic E-state index is -3.59.